The Morgan fingerprint density at radius 2 is 1.83 bits per heavy atom. The van der Waals surface area contributed by atoms with Crippen LogP contribution >= 0.6 is 0 Å². The third kappa shape index (κ3) is 3.18. The summed E-state index contributed by atoms with van der Waals surface area (Å²) < 4.78 is 1.55. The van der Waals surface area contributed by atoms with Crippen LogP contribution in [0.1, 0.15) is 5.56 Å². The Balaban J connectivity index is 2.10. The lowest BCUT2D eigenvalue weighted by Gasteiger charge is -2.08. The second-order valence-corrected chi connectivity index (χ2v) is 3.61. The number of hydrogen-bond donors (Lipinski definition) is 1. The van der Waals surface area contributed by atoms with Gasteiger partial charge in [0.15, 0.2) is 12.4 Å². The van der Waals surface area contributed by atoms with Crippen molar-refractivity contribution in [2.45, 2.75) is 0 Å². The Morgan fingerprint density at radius 1 is 1.17 bits per heavy atom. The van der Waals surface area contributed by atoms with E-state index in [-0.39, 0.29) is 0 Å². The summed E-state index contributed by atoms with van der Waals surface area (Å²) in [7, 11) is 0. The van der Waals surface area contributed by atoms with E-state index >= 15 is 0 Å². The summed E-state index contributed by atoms with van der Waals surface area (Å²) in [4.78, 5) is 3.92. The van der Waals surface area contributed by atoms with Crippen molar-refractivity contribution in [2.75, 3.05) is 5.43 Å². The van der Waals surface area contributed by atoms with Crippen LogP contribution in [0, 0.1) is 0 Å². The van der Waals surface area contributed by atoms with E-state index in [1.165, 1.54) is 0 Å². The molecule has 1 N–H and O–H groups in total. The monoisotopic (exact) mass is 239 g/mol. The standard InChI is InChI=1S/C14H13N3O/c1-2-12-6-8-13(9-7-12)15-14(18)16-17-10-4-3-5-11-17/h2-11H,1H2,(H-,15,16,18). The van der Waals surface area contributed by atoms with Crippen LogP contribution in [0.5, 0.6) is 0 Å². The molecule has 0 aliphatic rings. The van der Waals surface area contributed by atoms with Crippen molar-refractivity contribution in [1.82, 2.24) is 0 Å². The van der Waals surface area contributed by atoms with E-state index in [1.807, 2.05) is 30.3 Å². The Kier molecular flexibility index (Phi) is 3.71. The first-order valence-corrected chi connectivity index (χ1v) is 5.49. The Hall–Kier alpha value is -2.62. The van der Waals surface area contributed by atoms with E-state index in [2.05, 4.69) is 17.0 Å². The van der Waals surface area contributed by atoms with Gasteiger partial charge < -0.3 is 5.11 Å². The Labute approximate surface area is 106 Å². The first-order valence-electron chi connectivity index (χ1n) is 5.49. The lowest BCUT2D eigenvalue weighted by atomic mass is 10.2. The molecule has 4 heteroatoms. The largest absolute Gasteiger partial charge is 0.842 e. The molecule has 2 aromatic rings. The number of nitrogens with zero attached hydrogens (tertiary/aromatic N) is 2. The zero-order valence-electron chi connectivity index (χ0n) is 9.78. The van der Waals surface area contributed by atoms with Gasteiger partial charge in [-0.1, -0.05) is 35.5 Å². The summed E-state index contributed by atoms with van der Waals surface area (Å²) in [6, 6.07) is 12.3. The molecule has 0 spiro atoms. The second-order valence-electron chi connectivity index (χ2n) is 3.61. The lowest BCUT2D eigenvalue weighted by Crippen LogP contribution is -2.51. The van der Waals surface area contributed by atoms with E-state index in [9.17, 15) is 5.11 Å². The molecule has 1 aromatic carbocycles. The molecule has 0 unspecified atom stereocenters. The van der Waals surface area contributed by atoms with Gasteiger partial charge in [0.05, 0.1) is 5.69 Å². The number of nitrogens with one attached hydrogen (secondary N) is 1. The zero-order chi connectivity index (χ0) is 12.8. The molecular weight excluding hydrogens is 226 g/mol. The maximum Gasteiger partial charge on any atom is 0.199 e. The molecule has 18 heavy (non-hydrogen) atoms. The lowest BCUT2D eigenvalue weighted by molar-refractivity contribution is -0.644. The Bertz CT molecular complexity index is 547. The number of aliphatic imine (C=N–C) groups is 1. The SMILES string of the molecule is C=Cc1ccc(N=C([O-])N[n+]2ccccc2)cc1. The summed E-state index contributed by atoms with van der Waals surface area (Å²) >= 11 is 0. The fourth-order valence-electron chi connectivity index (χ4n) is 1.41. The average molecular weight is 239 g/mol. The van der Waals surface area contributed by atoms with Crippen LogP contribution in [0.25, 0.3) is 6.08 Å². The molecule has 1 aromatic heterocycles. The van der Waals surface area contributed by atoms with Gasteiger partial charge in [0.1, 0.15) is 6.02 Å². The average Bonchev–Trinajstić information content (AvgIpc) is 2.40. The fraction of sp³-hybridized carbons (Fsp3) is 0. The molecule has 0 saturated heterocycles. The number of aromatic nitrogens is 1. The van der Waals surface area contributed by atoms with Crippen molar-refractivity contribution in [1.29, 1.82) is 0 Å². The highest BCUT2D eigenvalue weighted by molar-refractivity contribution is 5.78. The second kappa shape index (κ2) is 5.63. The highest BCUT2D eigenvalue weighted by Gasteiger charge is 1.95. The van der Waals surface area contributed by atoms with Gasteiger partial charge in [-0.15, -0.1) is 0 Å². The topological polar surface area (TPSA) is 51.3 Å². The van der Waals surface area contributed by atoms with Crippen LogP contribution in [0.15, 0.2) is 66.4 Å². The molecule has 0 radical (unpaired) electrons. The third-order valence-corrected chi connectivity index (χ3v) is 2.30. The maximum atomic E-state index is 11.6. The maximum absolute atomic E-state index is 11.6. The predicted octanol–water partition coefficient (Wildman–Crippen LogP) is 1.21. The summed E-state index contributed by atoms with van der Waals surface area (Å²) in [5.41, 5.74) is 4.21. The molecule has 0 amide bonds. The minimum Gasteiger partial charge on any atom is -0.842 e. The van der Waals surface area contributed by atoms with Crippen LogP contribution in [0.4, 0.5) is 5.69 Å². The molecule has 0 atom stereocenters. The van der Waals surface area contributed by atoms with E-state index in [0.29, 0.717) is 5.69 Å². The van der Waals surface area contributed by atoms with Gasteiger partial charge in [-0.05, 0) is 17.7 Å². The number of hydrogen-bond acceptors (Lipinski definition) is 2. The van der Waals surface area contributed by atoms with Crippen molar-refractivity contribution >= 4 is 17.8 Å². The summed E-state index contributed by atoms with van der Waals surface area (Å²) in [6.45, 7) is 3.66. The van der Waals surface area contributed by atoms with Crippen LogP contribution in [-0.2, 0) is 0 Å². The van der Waals surface area contributed by atoms with E-state index in [1.54, 1.807) is 35.3 Å². The van der Waals surface area contributed by atoms with Crippen molar-refractivity contribution in [3.05, 3.63) is 67.0 Å². The molecule has 0 aliphatic heterocycles. The minimum atomic E-state index is -0.419. The molecule has 90 valence electrons. The number of pyridine rings is 1. The smallest absolute Gasteiger partial charge is 0.199 e. The van der Waals surface area contributed by atoms with E-state index in [4.69, 9.17) is 0 Å². The molecule has 0 aliphatic carbocycles. The Morgan fingerprint density at radius 3 is 2.44 bits per heavy atom. The summed E-state index contributed by atoms with van der Waals surface area (Å²) in [5.74, 6) is 0. The van der Waals surface area contributed by atoms with Gasteiger partial charge in [0.25, 0.3) is 0 Å². The highest BCUT2D eigenvalue weighted by Crippen LogP contribution is 2.12. The molecule has 0 saturated carbocycles. The first-order chi connectivity index (χ1) is 8.78. The molecule has 2 rings (SSSR count). The third-order valence-electron chi connectivity index (χ3n) is 2.30. The number of amidine groups is 1. The van der Waals surface area contributed by atoms with Gasteiger partial charge in [0, 0.05) is 12.1 Å². The molecule has 4 nitrogen and oxygen atoms in total. The fourth-order valence-corrected chi connectivity index (χ4v) is 1.41. The summed E-state index contributed by atoms with van der Waals surface area (Å²) in [6.07, 6.45) is 5.20. The molecule has 1 heterocycles. The van der Waals surface area contributed by atoms with Crippen LogP contribution in [0.2, 0.25) is 0 Å². The number of rotatable bonds is 3. The highest BCUT2D eigenvalue weighted by atomic mass is 16.3. The van der Waals surface area contributed by atoms with Crippen molar-refractivity contribution in [3.8, 4) is 0 Å². The zero-order valence-corrected chi connectivity index (χ0v) is 9.78. The van der Waals surface area contributed by atoms with E-state index in [0.717, 1.165) is 5.56 Å². The van der Waals surface area contributed by atoms with Gasteiger partial charge in [-0.2, -0.15) is 5.43 Å². The van der Waals surface area contributed by atoms with Crippen molar-refractivity contribution in [2.24, 2.45) is 4.99 Å². The van der Waals surface area contributed by atoms with Crippen LogP contribution in [0.3, 0.4) is 0 Å². The summed E-state index contributed by atoms with van der Waals surface area (Å²) in [5, 5.41) is 11.6. The first kappa shape index (κ1) is 11.9. The predicted molar refractivity (Wildman–Crippen MR) is 69.6 cm³/mol. The van der Waals surface area contributed by atoms with Crippen LogP contribution in [-0.4, -0.2) is 6.02 Å². The van der Waals surface area contributed by atoms with Gasteiger partial charge >= 0.3 is 0 Å². The normalized spacial score (nSPS) is 11.0. The molecule has 0 fully saturated rings. The van der Waals surface area contributed by atoms with Gasteiger partial charge in [-0.25, -0.2) is 4.99 Å². The molecule has 0 bridgehead atoms. The van der Waals surface area contributed by atoms with Crippen LogP contribution < -0.4 is 15.2 Å². The molecular formula is C14H13N3O. The van der Waals surface area contributed by atoms with Gasteiger partial charge in [-0.3, -0.25) is 0 Å². The minimum absolute atomic E-state index is 0.419. The quantitative estimate of drug-likeness (QED) is 0.497. The number of benzene rings is 1. The van der Waals surface area contributed by atoms with E-state index < -0.39 is 6.02 Å². The van der Waals surface area contributed by atoms with Crippen molar-refractivity contribution in [3.63, 3.8) is 0 Å². The van der Waals surface area contributed by atoms with Crippen molar-refractivity contribution < 1.29 is 9.78 Å². The van der Waals surface area contributed by atoms with Gasteiger partial charge in [0.2, 0.25) is 0 Å².